The summed E-state index contributed by atoms with van der Waals surface area (Å²) < 4.78 is 2.12. The van der Waals surface area contributed by atoms with E-state index in [1.165, 1.54) is 5.56 Å². The van der Waals surface area contributed by atoms with Gasteiger partial charge in [0.25, 0.3) is 0 Å². The van der Waals surface area contributed by atoms with Crippen molar-refractivity contribution in [2.24, 2.45) is 0 Å². The zero-order chi connectivity index (χ0) is 12.3. The minimum atomic E-state index is 0.170. The number of carbonyl (C=O) groups is 1. The van der Waals surface area contributed by atoms with Crippen LogP contribution in [0.2, 0.25) is 0 Å². The third-order valence-corrected chi connectivity index (χ3v) is 4.67. The van der Waals surface area contributed by atoms with Crippen molar-refractivity contribution in [3.8, 4) is 0 Å². The third kappa shape index (κ3) is 3.79. The Kier molecular flexibility index (Phi) is 4.59. The van der Waals surface area contributed by atoms with Gasteiger partial charge in [0, 0.05) is 34.5 Å². The van der Waals surface area contributed by atoms with Crippen molar-refractivity contribution >= 4 is 37.8 Å². The second-order valence-electron chi connectivity index (χ2n) is 4.18. The van der Waals surface area contributed by atoms with Crippen LogP contribution in [0.1, 0.15) is 18.4 Å². The molecule has 1 aromatic carbocycles. The van der Waals surface area contributed by atoms with Gasteiger partial charge in [-0.25, -0.2) is 0 Å². The molecular weight excluding hydrogens is 348 g/mol. The first-order valence-corrected chi connectivity index (χ1v) is 7.18. The molecule has 1 heterocycles. The Labute approximate surface area is 118 Å². The second-order valence-corrected chi connectivity index (χ2v) is 5.89. The summed E-state index contributed by atoms with van der Waals surface area (Å²) in [4.78, 5) is 11.0. The molecule has 2 rings (SSSR count). The van der Waals surface area contributed by atoms with Gasteiger partial charge in [-0.05, 0) is 56.0 Å². The predicted octanol–water partition coefficient (Wildman–Crippen LogP) is 2.58. The molecule has 1 amide bonds. The monoisotopic (exact) mass is 360 g/mol. The van der Waals surface area contributed by atoms with Crippen LogP contribution in [-0.2, 0) is 11.3 Å². The fourth-order valence-electron chi connectivity index (χ4n) is 1.87. The van der Waals surface area contributed by atoms with Gasteiger partial charge >= 0.3 is 0 Å². The minimum Gasteiger partial charge on any atom is -0.352 e. The Bertz CT molecular complexity index is 423. The number of halogens is 2. The van der Waals surface area contributed by atoms with Crippen molar-refractivity contribution < 1.29 is 4.79 Å². The Hall–Kier alpha value is -0.390. The SMILES string of the molecule is O=C1CCC(CNCc2ccc(Br)c(Br)c2)N1. The highest BCUT2D eigenvalue weighted by Crippen LogP contribution is 2.23. The van der Waals surface area contributed by atoms with Crippen LogP contribution in [0, 0.1) is 0 Å². The van der Waals surface area contributed by atoms with Crippen molar-refractivity contribution in [3.63, 3.8) is 0 Å². The Morgan fingerprint density at radius 2 is 2.18 bits per heavy atom. The second kappa shape index (κ2) is 5.98. The average Bonchev–Trinajstić information content (AvgIpc) is 2.70. The van der Waals surface area contributed by atoms with Gasteiger partial charge in [0.15, 0.2) is 0 Å². The van der Waals surface area contributed by atoms with Crippen LogP contribution >= 0.6 is 31.9 Å². The van der Waals surface area contributed by atoms with Gasteiger partial charge in [0.1, 0.15) is 0 Å². The first-order chi connectivity index (χ1) is 8.15. The van der Waals surface area contributed by atoms with Crippen LogP contribution < -0.4 is 10.6 Å². The topological polar surface area (TPSA) is 41.1 Å². The van der Waals surface area contributed by atoms with Gasteiger partial charge in [-0.2, -0.15) is 0 Å². The van der Waals surface area contributed by atoms with Gasteiger partial charge in [-0.15, -0.1) is 0 Å². The first kappa shape index (κ1) is 13.1. The quantitative estimate of drug-likeness (QED) is 0.865. The van der Waals surface area contributed by atoms with E-state index in [1.54, 1.807) is 0 Å². The van der Waals surface area contributed by atoms with Gasteiger partial charge < -0.3 is 10.6 Å². The molecule has 1 saturated heterocycles. The van der Waals surface area contributed by atoms with Crippen LogP contribution in [0.15, 0.2) is 27.1 Å². The molecule has 1 aromatic rings. The maximum atomic E-state index is 11.0. The van der Waals surface area contributed by atoms with Gasteiger partial charge in [0.05, 0.1) is 0 Å². The molecule has 1 aliphatic heterocycles. The fourth-order valence-corrected chi connectivity index (χ4v) is 2.54. The highest BCUT2D eigenvalue weighted by atomic mass is 79.9. The summed E-state index contributed by atoms with van der Waals surface area (Å²) in [5.74, 6) is 0.170. The standard InChI is InChI=1S/C12H14Br2N2O/c13-10-3-1-8(5-11(10)14)6-15-7-9-2-4-12(17)16-9/h1,3,5,9,15H,2,4,6-7H2,(H,16,17). The van der Waals surface area contributed by atoms with Crippen LogP contribution in [0.3, 0.4) is 0 Å². The first-order valence-electron chi connectivity index (χ1n) is 5.59. The van der Waals surface area contributed by atoms with E-state index >= 15 is 0 Å². The number of amides is 1. The lowest BCUT2D eigenvalue weighted by molar-refractivity contribution is -0.119. The molecule has 17 heavy (non-hydrogen) atoms. The van der Waals surface area contributed by atoms with E-state index in [4.69, 9.17) is 0 Å². The van der Waals surface area contributed by atoms with E-state index in [1.807, 2.05) is 6.07 Å². The number of rotatable bonds is 4. The highest BCUT2D eigenvalue weighted by molar-refractivity contribution is 9.13. The summed E-state index contributed by atoms with van der Waals surface area (Å²) in [6.07, 6.45) is 1.60. The Morgan fingerprint density at radius 1 is 1.35 bits per heavy atom. The molecule has 1 atom stereocenters. The summed E-state index contributed by atoms with van der Waals surface area (Å²) in [5.41, 5.74) is 1.23. The highest BCUT2D eigenvalue weighted by Gasteiger charge is 2.19. The largest absolute Gasteiger partial charge is 0.352 e. The summed E-state index contributed by atoms with van der Waals surface area (Å²) in [6, 6.07) is 6.49. The van der Waals surface area contributed by atoms with Crippen molar-refractivity contribution in [1.29, 1.82) is 0 Å². The molecule has 0 saturated carbocycles. The molecule has 0 bridgehead atoms. The van der Waals surface area contributed by atoms with Crippen LogP contribution in [0.25, 0.3) is 0 Å². The molecule has 0 spiro atoms. The van der Waals surface area contributed by atoms with Crippen molar-refractivity contribution in [2.45, 2.75) is 25.4 Å². The molecule has 5 heteroatoms. The number of carbonyl (C=O) groups excluding carboxylic acids is 1. The smallest absolute Gasteiger partial charge is 0.220 e. The maximum absolute atomic E-state index is 11.0. The molecule has 3 nitrogen and oxygen atoms in total. The predicted molar refractivity (Wildman–Crippen MR) is 74.7 cm³/mol. The van der Waals surface area contributed by atoms with E-state index in [9.17, 15) is 4.79 Å². The zero-order valence-corrected chi connectivity index (χ0v) is 12.5. The maximum Gasteiger partial charge on any atom is 0.220 e. The van der Waals surface area contributed by atoms with Crippen molar-refractivity contribution in [2.75, 3.05) is 6.54 Å². The van der Waals surface area contributed by atoms with Crippen molar-refractivity contribution in [1.82, 2.24) is 10.6 Å². The molecule has 0 aliphatic carbocycles. The van der Waals surface area contributed by atoms with Gasteiger partial charge in [-0.3, -0.25) is 4.79 Å². The average molecular weight is 362 g/mol. The summed E-state index contributed by atoms with van der Waals surface area (Å²) in [5, 5.41) is 6.30. The number of benzene rings is 1. The molecule has 92 valence electrons. The lowest BCUT2D eigenvalue weighted by Crippen LogP contribution is -2.35. The number of nitrogens with one attached hydrogen (secondary N) is 2. The van der Waals surface area contributed by atoms with Crippen LogP contribution in [-0.4, -0.2) is 18.5 Å². The summed E-state index contributed by atoms with van der Waals surface area (Å²) in [6.45, 7) is 1.65. The summed E-state index contributed by atoms with van der Waals surface area (Å²) >= 11 is 6.92. The molecule has 1 fully saturated rings. The van der Waals surface area contributed by atoms with E-state index in [0.717, 1.165) is 28.5 Å². The normalized spacial score (nSPS) is 19.4. The number of hydrogen-bond acceptors (Lipinski definition) is 2. The van der Waals surface area contributed by atoms with E-state index < -0.39 is 0 Å². The Balaban J connectivity index is 1.78. The Morgan fingerprint density at radius 3 is 2.82 bits per heavy atom. The van der Waals surface area contributed by atoms with E-state index in [-0.39, 0.29) is 5.91 Å². The van der Waals surface area contributed by atoms with Crippen LogP contribution in [0.5, 0.6) is 0 Å². The molecular formula is C12H14Br2N2O. The van der Waals surface area contributed by atoms with Gasteiger partial charge in [-0.1, -0.05) is 6.07 Å². The summed E-state index contributed by atoms with van der Waals surface area (Å²) in [7, 11) is 0. The lowest BCUT2D eigenvalue weighted by atomic mass is 10.2. The molecule has 2 N–H and O–H groups in total. The zero-order valence-electron chi connectivity index (χ0n) is 9.30. The number of hydrogen-bond donors (Lipinski definition) is 2. The molecule has 1 aliphatic rings. The molecule has 0 radical (unpaired) electrons. The van der Waals surface area contributed by atoms with Crippen molar-refractivity contribution in [3.05, 3.63) is 32.7 Å². The van der Waals surface area contributed by atoms with E-state index in [0.29, 0.717) is 12.5 Å². The van der Waals surface area contributed by atoms with Crippen LogP contribution in [0.4, 0.5) is 0 Å². The molecule has 0 aromatic heterocycles. The third-order valence-electron chi connectivity index (χ3n) is 2.79. The molecule has 1 unspecified atom stereocenters. The fraction of sp³-hybridized carbons (Fsp3) is 0.417. The lowest BCUT2D eigenvalue weighted by Gasteiger charge is -2.11. The van der Waals surface area contributed by atoms with Gasteiger partial charge in [0.2, 0.25) is 5.91 Å². The van der Waals surface area contributed by atoms with E-state index in [2.05, 4.69) is 54.6 Å². The minimum absolute atomic E-state index is 0.170.